The molecule has 1 saturated carbocycles. The third kappa shape index (κ3) is 5.93. The van der Waals surface area contributed by atoms with Crippen molar-refractivity contribution in [2.24, 2.45) is 11.7 Å². The maximum absolute atomic E-state index is 13.9. The predicted octanol–water partition coefficient (Wildman–Crippen LogP) is 5.82. The largest absolute Gasteiger partial charge is 0.370 e. The number of thiazole rings is 1. The van der Waals surface area contributed by atoms with Gasteiger partial charge in [0.2, 0.25) is 11.8 Å². The molecular weight excluding hydrogens is 486 g/mol. The Kier molecular flexibility index (Phi) is 7.73. The van der Waals surface area contributed by atoms with Crippen LogP contribution in [0.25, 0.3) is 10.4 Å². The quantitative estimate of drug-likeness (QED) is 0.434. The van der Waals surface area contributed by atoms with Crippen LogP contribution in [0, 0.1) is 17.6 Å². The van der Waals surface area contributed by atoms with Gasteiger partial charge in [-0.2, -0.15) is 0 Å². The van der Waals surface area contributed by atoms with Crippen molar-refractivity contribution < 1.29 is 23.2 Å². The van der Waals surface area contributed by atoms with Crippen molar-refractivity contribution in [3.8, 4) is 10.4 Å². The molecule has 0 atom stereocenters. The van der Waals surface area contributed by atoms with Gasteiger partial charge < -0.3 is 11.1 Å². The highest BCUT2D eigenvalue weighted by molar-refractivity contribution is 7.15. The maximum Gasteiger partial charge on any atom is 0.333 e. The van der Waals surface area contributed by atoms with E-state index < -0.39 is 23.6 Å². The Balaban J connectivity index is 1.44. The highest BCUT2D eigenvalue weighted by Crippen LogP contribution is 2.40. The van der Waals surface area contributed by atoms with Crippen LogP contribution in [0.3, 0.4) is 0 Å². The molecule has 0 bridgehead atoms. The van der Waals surface area contributed by atoms with Gasteiger partial charge in [-0.1, -0.05) is 12.1 Å². The molecular formula is C26H26F2N4O3S. The molecule has 0 aliphatic heterocycles. The predicted molar refractivity (Wildman–Crippen MR) is 135 cm³/mol. The number of anilines is 2. The molecule has 0 saturated heterocycles. The first kappa shape index (κ1) is 25.4. The highest BCUT2D eigenvalue weighted by Gasteiger charge is 2.26. The van der Waals surface area contributed by atoms with E-state index in [1.807, 2.05) is 6.20 Å². The van der Waals surface area contributed by atoms with Crippen LogP contribution in [0.4, 0.5) is 25.0 Å². The van der Waals surface area contributed by atoms with Crippen molar-refractivity contribution in [1.29, 1.82) is 0 Å². The summed E-state index contributed by atoms with van der Waals surface area (Å²) >= 11 is 1.60. The van der Waals surface area contributed by atoms with Gasteiger partial charge in [0.1, 0.15) is 11.6 Å². The van der Waals surface area contributed by atoms with Crippen molar-refractivity contribution in [2.45, 2.75) is 44.9 Å². The van der Waals surface area contributed by atoms with Gasteiger partial charge in [0, 0.05) is 31.5 Å². The molecule has 4 rings (SSSR count). The third-order valence-electron chi connectivity index (χ3n) is 6.31. The number of nitrogens with zero attached hydrogens (tertiary/aromatic N) is 2. The Morgan fingerprint density at radius 2 is 1.78 bits per heavy atom. The number of urea groups is 1. The summed E-state index contributed by atoms with van der Waals surface area (Å²) in [7, 11) is 0. The van der Waals surface area contributed by atoms with E-state index in [0.717, 1.165) is 58.2 Å². The number of hydrogen-bond donors (Lipinski definition) is 2. The van der Waals surface area contributed by atoms with Gasteiger partial charge in [0.05, 0.1) is 21.3 Å². The van der Waals surface area contributed by atoms with Gasteiger partial charge in [0.25, 0.3) is 0 Å². The molecule has 0 unspecified atom stereocenters. The summed E-state index contributed by atoms with van der Waals surface area (Å²) in [5.41, 5.74) is 6.29. The van der Waals surface area contributed by atoms with Crippen molar-refractivity contribution in [3.05, 3.63) is 65.3 Å². The van der Waals surface area contributed by atoms with Gasteiger partial charge in [-0.3, -0.25) is 9.59 Å². The molecule has 0 radical (unpaired) electrons. The monoisotopic (exact) mass is 512 g/mol. The van der Waals surface area contributed by atoms with Crippen LogP contribution in [-0.2, 0) is 9.59 Å². The molecule has 4 amide bonds. The molecule has 7 nitrogen and oxygen atoms in total. The van der Waals surface area contributed by atoms with Crippen molar-refractivity contribution >= 4 is 40.6 Å². The normalized spacial score (nSPS) is 17.4. The molecule has 1 fully saturated rings. The SMILES string of the molecule is CC(=O)N(C(=O)Nc1ccc(F)cc1F)c1ccc(-c2cnc(C3CCC(CC(N)=O)CC3)s2)cc1. The number of hydrogen-bond acceptors (Lipinski definition) is 5. The van der Waals surface area contributed by atoms with Crippen LogP contribution >= 0.6 is 11.3 Å². The van der Waals surface area contributed by atoms with Gasteiger partial charge >= 0.3 is 6.03 Å². The van der Waals surface area contributed by atoms with E-state index in [9.17, 15) is 23.2 Å². The summed E-state index contributed by atoms with van der Waals surface area (Å²) in [5, 5.41) is 3.36. The minimum Gasteiger partial charge on any atom is -0.370 e. The van der Waals surface area contributed by atoms with E-state index >= 15 is 0 Å². The number of benzene rings is 2. The van der Waals surface area contributed by atoms with E-state index in [1.165, 1.54) is 6.92 Å². The van der Waals surface area contributed by atoms with E-state index in [1.54, 1.807) is 35.6 Å². The molecule has 0 spiro atoms. The molecule has 3 N–H and O–H groups in total. The second-order valence-electron chi connectivity index (χ2n) is 8.91. The van der Waals surface area contributed by atoms with Crippen LogP contribution in [-0.4, -0.2) is 22.8 Å². The Hall–Kier alpha value is -3.66. The average molecular weight is 513 g/mol. The smallest absolute Gasteiger partial charge is 0.333 e. The minimum absolute atomic E-state index is 0.231. The summed E-state index contributed by atoms with van der Waals surface area (Å²) in [6, 6.07) is 8.75. The first-order valence-electron chi connectivity index (χ1n) is 11.6. The van der Waals surface area contributed by atoms with Gasteiger partial charge in [-0.15, -0.1) is 11.3 Å². The molecule has 36 heavy (non-hydrogen) atoms. The molecule has 1 aliphatic rings. The van der Waals surface area contributed by atoms with Gasteiger partial charge in [-0.25, -0.2) is 23.5 Å². The number of nitrogens with one attached hydrogen (secondary N) is 1. The summed E-state index contributed by atoms with van der Waals surface area (Å²) in [6.07, 6.45) is 6.12. The summed E-state index contributed by atoms with van der Waals surface area (Å²) < 4.78 is 27.1. The van der Waals surface area contributed by atoms with Crippen LogP contribution in [0.2, 0.25) is 0 Å². The minimum atomic E-state index is -0.940. The number of aromatic nitrogens is 1. The summed E-state index contributed by atoms with van der Waals surface area (Å²) in [5.74, 6) is -1.81. The standard InChI is InChI=1S/C26H26F2N4O3S/c1-15(33)32(26(35)31-22-11-8-19(27)13-21(22)28)20-9-6-17(7-10-20)23-14-30-25(36-23)18-4-2-16(3-5-18)12-24(29)34/h6-11,13-14,16,18H,2-5,12H2,1H3,(H2,29,34)(H,31,35). The van der Waals surface area contributed by atoms with Crippen LogP contribution in [0.1, 0.15) is 50.0 Å². The molecule has 1 aliphatic carbocycles. The number of amides is 4. The zero-order chi connectivity index (χ0) is 25.8. The molecule has 3 aromatic rings. The lowest BCUT2D eigenvalue weighted by molar-refractivity contribution is -0.119. The number of rotatable bonds is 6. The fraction of sp³-hybridized carbons (Fsp3) is 0.308. The number of carbonyl (C=O) groups excluding carboxylic acids is 3. The fourth-order valence-electron chi connectivity index (χ4n) is 4.49. The topological polar surface area (TPSA) is 105 Å². The third-order valence-corrected chi connectivity index (χ3v) is 7.52. The second-order valence-corrected chi connectivity index (χ2v) is 9.97. The number of imide groups is 1. The van der Waals surface area contributed by atoms with E-state index in [4.69, 9.17) is 5.73 Å². The fourth-order valence-corrected chi connectivity index (χ4v) is 5.58. The summed E-state index contributed by atoms with van der Waals surface area (Å²) in [6.45, 7) is 1.22. The number of nitrogens with two attached hydrogens (primary N) is 1. The molecule has 2 aromatic carbocycles. The summed E-state index contributed by atoms with van der Waals surface area (Å²) in [4.78, 5) is 42.5. The molecule has 1 aromatic heterocycles. The van der Waals surface area contributed by atoms with Crippen molar-refractivity contribution in [2.75, 3.05) is 10.2 Å². The van der Waals surface area contributed by atoms with Crippen LogP contribution in [0.5, 0.6) is 0 Å². The lowest BCUT2D eigenvalue weighted by Crippen LogP contribution is -2.38. The first-order valence-corrected chi connectivity index (χ1v) is 12.4. The van der Waals surface area contributed by atoms with E-state index in [2.05, 4.69) is 10.3 Å². The molecule has 1 heterocycles. The Bertz CT molecular complexity index is 1270. The Morgan fingerprint density at radius 1 is 1.08 bits per heavy atom. The first-order chi connectivity index (χ1) is 17.2. The van der Waals surface area contributed by atoms with Crippen LogP contribution in [0.15, 0.2) is 48.7 Å². The molecule has 188 valence electrons. The van der Waals surface area contributed by atoms with E-state index in [-0.39, 0.29) is 11.6 Å². The lowest BCUT2D eigenvalue weighted by atomic mass is 9.81. The van der Waals surface area contributed by atoms with Crippen LogP contribution < -0.4 is 16.0 Å². The van der Waals surface area contributed by atoms with E-state index in [0.29, 0.717) is 30.0 Å². The average Bonchev–Trinajstić information content (AvgIpc) is 3.32. The Labute approximate surface area is 211 Å². The zero-order valence-electron chi connectivity index (χ0n) is 19.7. The molecule has 10 heteroatoms. The highest BCUT2D eigenvalue weighted by atomic mass is 32.1. The number of halogens is 2. The zero-order valence-corrected chi connectivity index (χ0v) is 20.5. The van der Waals surface area contributed by atoms with Crippen molar-refractivity contribution in [3.63, 3.8) is 0 Å². The lowest BCUT2D eigenvalue weighted by Gasteiger charge is -2.26. The maximum atomic E-state index is 13.9. The Morgan fingerprint density at radius 3 is 2.39 bits per heavy atom. The second kappa shape index (κ2) is 10.9. The van der Waals surface area contributed by atoms with Gasteiger partial charge in [-0.05, 0) is 61.4 Å². The van der Waals surface area contributed by atoms with Crippen molar-refractivity contribution in [1.82, 2.24) is 4.98 Å². The van der Waals surface area contributed by atoms with Gasteiger partial charge in [0.15, 0.2) is 0 Å². The number of primary amides is 1. The number of carbonyl (C=O) groups is 3.